The maximum absolute atomic E-state index is 12.8. The highest BCUT2D eigenvalue weighted by Gasteiger charge is 2.30. The van der Waals surface area contributed by atoms with Gasteiger partial charge in [0.2, 0.25) is 5.91 Å². The molecule has 4 rings (SSSR count). The van der Waals surface area contributed by atoms with Gasteiger partial charge in [0.25, 0.3) is 5.56 Å². The Morgan fingerprint density at radius 3 is 2.83 bits per heavy atom. The third-order valence-corrected chi connectivity index (χ3v) is 6.12. The van der Waals surface area contributed by atoms with Gasteiger partial charge in [-0.25, -0.2) is 4.98 Å². The molecule has 1 amide bonds. The number of halogens is 3. The molecule has 0 saturated heterocycles. The normalized spacial score (nSPS) is 14.0. The molecule has 1 aromatic carbocycles. The lowest BCUT2D eigenvalue weighted by atomic mass is 9.97. The number of fused-ring (bicyclic) bond motifs is 3. The molecule has 3 aromatic rings. The van der Waals surface area contributed by atoms with E-state index in [-0.39, 0.29) is 24.1 Å². The fourth-order valence-electron chi connectivity index (χ4n) is 3.56. The number of carbonyl (C=O) groups is 1. The predicted octanol–water partition coefficient (Wildman–Crippen LogP) is 4.45. The molecule has 2 N–H and O–H groups in total. The number of nitrogens with one attached hydrogen (secondary N) is 2. The summed E-state index contributed by atoms with van der Waals surface area (Å²) in [6.45, 7) is 0. The van der Waals surface area contributed by atoms with Crippen molar-refractivity contribution in [2.45, 2.75) is 44.7 Å². The minimum Gasteiger partial charge on any atom is -0.326 e. The van der Waals surface area contributed by atoms with Crippen molar-refractivity contribution in [3.63, 3.8) is 0 Å². The number of aryl methyl sites for hydroxylation is 3. The van der Waals surface area contributed by atoms with Gasteiger partial charge in [0, 0.05) is 23.4 Å². The molecule has 0 spiro atoms. The van der Waals surface area contributed by atoms with E-state index >= 15 is 0 Å². The number of nitrogens with zero attached hydrogens (tertiary/aromatic N) is 1. The first-order valence-corrected chi connectivity index (χ1v) is 10.1. The number of thiophene rings is 1. The van der Waals surface area contributed by atoms with Crippen LogP contribution in [0.2, 0.25) is 0 Å². The zero-order chi connectivity index (χ0) is 20.6. The summed E-state index contributed by atoms with van der Waals surface area (Å²) < 4.78 is 38.3. The van der Waals surface area contributed by atoms with Gasteiger partial charge in [0.1, 0.15) is 10.7 Å². The second-order valence-electron chi connectivity index (χ2n) is 7.03. The highest BCUT2D eigenvalue weighted by molar-refractivity contribution is 7.18. The first-order valence-electron chi connectivity index (χ1n) is 9.32. The fraction of sp³-hybridized carbons (Fsp3) is 0.350. The number of aromatic amines is 1. The van der Waals surface area contributed by atoms with Crippen molar-refractivity contribution < 1.29 is 18.0 Å². The molecule has 152 valence electrons. The van der Waals surface area contributed by atoms with Crippen LogP contribution in [-0.4, -0.2) is 15.9 Å². The van der Waals surface area contributed by atoms with Crippen molar-refractivity contribution in [3.8, 4) is 0 Å². The van der Waals surface area contributed by atoms with Gasteiger partial charge >= 0.3 is 6.18 Å². The highest BCUT2D eigenvalue weighted by atomic mass is 32.1. The van der Waals surface area contributed by atoms with Crippen LogP contribution in [0, 0.1) is 0 Å². The van der Waals surface area contributed by atoms with Crippen LogP contribution in [0.4, 0.5) is 18.9 Å². The summed E-state index contributed by atoms with van der Waals surface area (Å²) in [5.74, 6) is -0.0437. The molecule has 9 heteroatoms. The van der Waals surface area contributed by atoms with E-state index in [4.69, 9.17) is 0 Å². The second kappa shape index (κ2) is 7.62. The SMILES string of the molecule is O=C(CCc1nc2sc3c(c2c(=O)[nH]1)CCCC3)Nc1cccc(C(F)(F)F)c1. The van der Waals surface area contributed by atoms with Crippen molar-refractivity contribution in [2.75, 3.05) is 5.32 Å². The number of hydrogen-bond acceptors (Lipinski definition) is 4. The number of rotatable bonds is 4. The molecule has 2 heterocycles. The van der Waals surface area contributed by atoms with Crippen LogP contribution in [0.5, 0.6) is 0 Å². The van der Waals surface area contributed by atoms with E-state index in [0.29, 0.717) is 16.0 Å². The minimum atomic E-state index is -4.47. The monoisotopic (exact) mass is 421 g/mol. The van der Waals surface area contributed by atoms with Gasteiger partial charge in [-0.2, -0.15) is 13.2 Å². The van der Waals surface area contributed by atoms with Gasteiger partial charge in [-0.15, -0.1) is 11.3 Å². The Hall–Kier alpha value is -2.68. The zero-order valence-electron chi connectivity index (χ0n) is 15.4. The lowest BCUT2D eigenvalue weighted by Gasteiger charge is -2.10. The van der Waals surface area contributed by atoms with Crippen LogP contribution in [0.25, 0.3) is 10.2 Å². The second-order valence-corrected chi connectivity index (χ2v) is 8.11. The lowest BCUT2D eigenvalue weighted by Crippen LogP contribution is -2.17. The van der Waals surface area contributed by atoms with Gasteiger partial charge < -0.3 is 10.3 Å². The van der Waals surface area contributed by atoms with E-state index < -0.39 is 17.6 Å². The summed E-state index contributed by atoms with van der Waals surface area (Å²) >= 11 is 1.53. The Balaban J connectivity index is 1.46. The first-order chi connectivity index (χ1) is 13.8. The van der Waals surface area contributed by atoms with E-state index in [1.54, 1.807) is 0 Å². The lowest BCUT2D eigenvalue weighted by molar-refractivity contribution is -0.137. The number of benzene rings is 1. The molecule has 0 fully saturated rings. The molecule has 29 heavy (non-hydrogen) atoms. The van der Waals surface area contributed by atoms with Gasteiger partial charge in [-0.1, -0.05) is 6.07 Å². The van der Waals surface area contributed by atoms with E-state index in [1.807, 2.05) is 0 Å². The van der Waals surface area contributed by atoms with Crippen LogP contribution in [0.1, 0.15) is 41.1 Å². The number of amides is 1. The van der Waals surface area contributed by atoms with Crippen molar-refractivity contribution >= 4 is 33.1 Å². The van der Waals surface area contributed by atoms with E-state index in [0.717, 1.165) is 43.4 Å². The van der Waals surface area contributed by atoms with E-state index in [1.165, 1.54) is 28.3 Å². The molecule has 5 nitrogen and oxygen atoms in total. The topological polar surface area (TPSA) is 74.8 Å². The minimum absolute atomic E-state index is 0.00418. The number of hydrogen-bond donors (Lipinski definition) is 2. The predicted molar refractivity (Wildman–Crippen MR) is 105 cm³/mol. The summed E-state index contributed by atoms with van der Waals surface area (Å²) in [5, 5.41) is 3.11. The van der Waals surface area contributed by atoms with Crippen LogP contribution < -0.4 is 10.9 Å². The standard InChI is InChI=1S/C20H18F3N3O2S/c21-20(22,23)11-4-3-5-12(10-11)24-16(27)9-8-15-25-18(28)17-13-6-1-2-7-14(13)29-19(17)26-15/h3-5,10H,1-2,6-9H2,(H,24,27)(H,25,26,28). The molecule has 1 aliphatic rings. The van der Waals surface area contributed by atoms with Crippen LogP contribution in [0.15, 0.2) is 29.1 Å². The van der Waals surface area contributed by atoms with Gasteiger partial charge in [0.15, 0.2) is 0 Å². The van der Waals surface area contributed by atoms with Crippen molar-refractivity contribution in [2.24, 2.45) is 0 Å². The van der Waals surface area contributed by atoms with E-state index in [9.17, 15) is 22.8 Å². The number of alkyl halides is 3. The van der Waals surface area contributed by atoms with Crippen molar-refractivity contribution in [1.82, 2.24) is 9.97 Å². The maximum Gasteiger partial charge on any atom is 0.416 e. The molecule has 2 aromatic heterocycles. The zero-order valence-corrected chi connectivity index (χ0v) is 16.2. The number of aromatic nitrogens is 2. The van der Waals surface area contributed by atoms with Gasteiger partial charge in [0.05, 0.1) is 10.9 Å². The third-order valence-electron chi connectivity index (χ3n) is 4.94. The van der Waals surface area contributed by atoms with Crippen LogP contribution in [-0.2, 0) is 30.2 Å². The summed E-state index contributed by atoms with van der Waals surface area (Å²) in [4.78, 5) is 33.8. The quantitative estimate of drug-likeness (QED) is 0.654. The van der Waals surface area contributed by atoms with Gasteiger partial charge in [-0.3, -0.25) is 9.59 Å². The summed E-state index contributed by atoms with van der Waals surface area (Å²) in [7, 11) is 0. The molecular formula is C20H18F3N3O2S. The van der Waals surface area contributed by atoms with Crippen LogP contribution in [0.3, 0.4) is 0 Å². The smallest absolute Gasteiger partial charge is 0.326 e. The Labute approximate surface area is 168 Å². The third kappa shape index (κ3) is 4.19. The average Bonchev–Trinajstić information content (AvgIpc) is 3.05. The number of carbonyl (C=O) groups excluding carboxylic acids is 1. The first kappa shape index (κ1) is 19.6. The Kier molecular flexibility index (Phi) is 5.16. The number of H-pyrrole nitrogens is 1. The van der Waals surface area contributed by atoms with Crippen molar-refractivity contribution in [3.05, 3.63) is 56.4 Å². The Morgan fingerprint density at radius 2 is 2.03 bits per heavy atom. The number of anilines is 1. The summed E-state index contributed by atoms with van der Waals surface area (Å²) in [6, 6.07) is 4.47. The van der Waals surface area contributed by atoms with E-state index in [2.05, 4.69) is 15.3 Å². The summed E-state index contributed by atoms with van der Waals surface area (Å²) in [6.07, 6.45) is -0.257. The van der Waals surface area contributed by atoms with Gasteiger partial charge in [-0.05, 0) is 49.4 Å². The molecule has 0 saturated carbocycles. The van der Waals surface area contributed by atoms with Crippen LogP contribution >= 0.6 is 11.3 Å². The average molecular weight is 421 g/mol. The van der Waals surface area contributed by atoms with Crippen molar-refractivity contribution in [1.29, 1.82) is 0 Å². The maximum atomic E-state index is 12.8. The molecular weight excluding hydrogens is 403 g/mol. The highest BCUT2D eigenvalue weighted by Crippen LogP contribution is 2.33. The fourth-order valence-corrected chi connectivity index (χ4v) is 4.84. The molecule has 0 radical (unpaired) electrons. The molecule has 0 atom stereocenters. The molecule has 1 aliphatic carbocycles. The Bertz CT molecular complexity index is 1130. The largest absolute Gasteiger partial charge is 0.416 e. The summed E-state index contributed by atoms with van der Waals surface area (Å²) in [5.41, 5.74) is 0.155. The molecule has 0 unspecified atom stereocenters. The molecule has 0 bridgehead atoms. The molecule has 0 aliphatic heterocycles. The Morgan fingerprint density at radius 1 is 1.24 bits per heavy atom.